The summed E-state index contributed by atoms with van der Waals surface area (Å²) in [4.78, 5) is 39.4. The fourth-order valence-electron chi connectivity index (χ4n) is 5.34. The van der Waals surface area contributed by atoms with Crippen molar-refractivity contribution in [2.24, 2.45) is 5.41 Å². The van der Waals surface area contributed by atoms with Crippen LogP contribution in [0.4, 0.5) is 18.9 Å². The normalized spacial score (nSPS) is 14.4. The van der Waals surface area contributed by atoms with E-state index in [0.29, 0.717) is 35.4 Å². The van der Waals surface area contributed by atoms with E-state index in [4.69, 9.17) is 0 Å². The van der Waals surface area contributed by atoms with Gasteiger partial charge in [0.1, 0.15) is 11.4 Å². The third-order valence-corrected chi connectivity index (χ3v) is 7.26. The molecule has 1 aliphatic rings. The zero-order valence-corrected chi connectivity index (χ0v) is 23.1. The first-order valence-electron chi connectivity index (χ1n) is 13.2. The van der Waals surface area contributed by atoms with Crippen LogP contribution in [0.5, 0.6) is 0 Å². The highest BCUT2D eigenvalue weighted by atomic mass is 19.4. The van der Waals surface area contributed by atoms with Crippen LogP contribution in [0.3, 0.4) is 0 Å². The number of carbonyl (C=O) groups is 2. The molecule has 1 amide bonds. The molecule has 0 N–H and O–H groups in total. The van der Waals surface area contributed by atoms with Gasteiger partial charge in [-0.15, -0.1) is 0 Å². The van der Waals surface area contributed by atoms with Gasteiger partial charge in [0, 0.05) is 37.2 Å². The lowest BCUT2D eigenvalue weighted by Crippen LogP contribution is -2.28. The van der Waals surface area contributed by atoms with Crippen LogP contribution in [-0.4, -0.2) is 38.3 Å². The number of fused-ring (bicyclic) bond motifs is 1. The number of Topliss-reactive ketones (excluding diaryl/α,β-unsaturated/α-hetero) is 1. The molecule has 5 rings (SSSR count). The van der Waals surface area contributed by atoms with Gasteiger partial charge < -0.3 is 4.90 Å². The lowest BCUT2D eigenvalue weighted by atomic mass is 9.75. The van der Waals surface area contributed by atoms with E-state index in [9.17, 15) is 32.9 Å². The average molecular weight is 577 g/mol. The minimum Gasteiger partial charge on any atom is -0.337 e. The number of benzene rings is 3. The Balaban J connectivity index is 1.54. The first-order valence-corrected chi connectivity index (χ1v) is 13.2. The van der Waals surface area contributed by atoms with Crippen molar-refractivity contribution < 1.29 is 27.7 Å². The van der Waals surface area contributed by atoms with Gasteiger partial charge in [-0.05, 0) is 41.7 Å². The zero-order valence-electron chi connectivity index (χ0n) is 23.1. The maximum absolute atomic E-state index is 13.3. The zero-order chi connectivity index (χ0) is 30.4. The number of nitro benzene ring substituents is 1. The molecule has 0 aliphatic heterocycles. The summed E-state index contributed by atoms with van der Waals surface area (Å²) in [5.41, 5.74) is 0.834. The summed E-state index contributed by atoms with van der Waals surface area (Å²) in [5.74, 6) is -0.706. The summed E-state index contributed by atoms with van der Waals surface area (Å²) in [5, 5.41) is 17.0. The molecule has 0 saturated heterocycles. The van der Waals surface area contributed by atoms with E-state index in [0.717, 1.165) is 18.2 Å². The molecular weight excluding hydrogens is 549 g/mol. The Labute approximate surface area is 239 Å². The van der Waals surface area contributed by atoms with Crippen LogP contribution in [0, 0.1) is 15.5 Å². The number of aromatic nitrogens is 2. The number of nitro groups is 1. The molecule has 0 unspecified atom stereocenters. The molecule has 1 aliphatic carbocycles. The highest BCUT2D eigenvalue weighted by Crippen LogP contribution is 2.41. The van der Waals surface area contributed by atoms with E-state index in [2.05, 4.69) is 5.10 Å². The number of hydrogen-bond donors (Lipinski definition) is 0. The molecule has 0 spiro atoms. The van der Waals surface area contributed by atoms with E-state index in [1.807, 2.05) is 44.2 Å². The Kier molecular flexibility index (Phi) is 7.21. The van der Waals surface area contributed by atoms with Crippen LogP contribution < -0.4 is 0 Å². The van der Waals surface area contributed by atoms with Crippen LogP contribution in [0.15, 0.2) is 72.8 Å². The SMILES string of the molecule is CN(Cc1cccc(C(F)(F)F)c1)C(=O)c1ccc(-n2nc(-c3ccccc3)c3c2CC(C)(C)CC3=O)c([N+](=O)[O-])c1. The Bertz CT molecular complexity index is 1710. The average Bonchev–Trinajstić information content (AvgIpc) is 3.31. The van der Waals surface area contributed by atoms with Crippen LogP contribution in [0.25, 0.3) is 16.9 Å². The van der Waals surface area contributed by atoms with Crippen molar-refractivity contribution in [3.05, 3.63) is 111 Å². The predicted molar refractivity (Wildman–Crippen MR) is 149 cm³/mol. The molecule has 0 atom stereocenters. The first-order chi connectivity index (χ1) is 19.7. The highest BCUT2D eigenvalue weighted by molar-refractivity contribution is 6.04. The van der Waals surface area contributed by atoms with Crippen molar-refractivity contribution >= 4 is 17.4 Å². The maximum atomic E-state index is 13.3. The van der Waals surface area contributed by atoms with Crippen molar-refractivity contribution in [2.75, 3.05) is 7.05 Å². The number of ketones is 1. The molecule has 0 saturated carbocycles. The number of carbonyl (C=O) groups excluding carboxylic acids is 2. The number of rotatable bonds is 6. The topological polar surface area (TPSA) is 98.3 Å². The third kappa shape index (κ3) is 5.54. The van der Waals surface area contributed by atoms with Gasteiger partial charge in [0.05, 0.1) is 21.7 Å². The molecule has 11 heteroatoms. The van der Waals surface area contributed by atoms with E-state index in [1.54, 1.807) is 0 Å². The summed E-state index contributed by atoms with van der Waals surface area (Å²) in [6.07, 6.45) is -3.77. The molecule has 216 valence electrons. The molecule has 4 aromatic rings. The summed E-state index contributed by atoms with van der Waals surface area (Å²) in [7, 11) is 1.41. The van der Waals surface area contributed by atoms with Gasteiger partial charge in [0.25, 0.3) is 11.6 Å². The number of halogens is 3. The van der Waals surface area contributed by atoms with Crippen LogP contribution >= 0.6 is 0 Å². The Morgan fingerprint density at radius 2 is 1.76 bits per heavy atom. The lowest BCUT2D eigenvalue weighted by Gasteiger charge is -2.29. The minimum absolute atomic E-state index is 0.0133. The van der Waals surface area contributed by atoms with Gasteiger partial charge in [0.15, 0.2) is 5.78 Å². The molecule has 0 radical (unpaired) electrons. The standard InChI is InChI=1S/C31H27F3N4O4/c1-30(2)16-25-27(26(39)17-30)28(20-9-5-4-6-10-20)35-37(25)23-13-12-21(15-24(23)38(41)42)29(40)36(3)18-19-8-7-11-22(14-19)31(32,33)34/h4-15H,16-18H2,1-3H3. The van der Waals surface area contributed by atoms with E-state index in [1.165, 1.54) is 40.9 Å². The largest absolute Gasteiger partial charge is 0.416 e. The molecule has 1 aromatic heterocycles. The number of amides is 1. The van der Waals surface area contributed by atoms with Gasteiger partial charge in [-0.2, -0.15) is 18.3 Å². The fraction of sp³-hybridized carbons (Fsp3) is 0.258. The van der Waals surface area contributed by atoms with Crippen molar-refractivity contribution in [3.63, 3.8) is 0 Å². The van der Waals surface area contributed by atoms with Gasteiger partial charge >= 0.3 is 6.18 Å². The second-order valence-corrected chi connectivity index (χ2v) is 11.2. The minimum atomic E-state index is -4.53. The smallest absolute Gasteiger partial charge is 0.337 e. The van der Waals surface area contributed by atoms with Crippen LogP contribution in [0.1, 0.15) is 57.8 Å². The van der Waals surface area contributed by atoms with Crippen LogP contribution in [-0.2, 0) is 19.1 Å². The maximum Gasteiger partial charge on any atom is 0.416 e. The molecule has 0 bridgehead atoms. The van der Waals surface area contributed by atoms with Gasteiger partial charge in [-0.25, -0.2) is 4.68 Å². The molecule has 1 heterocycles. The van der Waals surface area contributed by atoms with E-state index < -0.39 is 33.7 Å². The lowest BCUT2D eigenvalue weighted by molar-refractivity contribution is -0.384. The van der Waals surface area contributed by atoms with Gasteiger partial charge in [0.2, 0.25) is 0 Å². The fourth-order valence-corrected chi connectivity index (χ4v) is 5.34. The molecule has 42 heavy (non-hydrogen) atoms. The Hall–Kier alpha value is -4.80. The highest BCUT2D eigenvalue weighted by Gasteiger charge is 2.38. The first kappa shape index (κ1) is 28.7. The molecular formula is C31H27F3N4O4. The summed E-state index contributed by atoms with van der Waals surface area (Å²) >= 11 is 0. The van der Waals surface area contributed by atoms with Crippen molar-refractivity contribution in [1.29, 1.82) is 0 Å². The third-order valence-electron chi connectivity index (χ3n) is 7.26. The quantitative estimate of drug-likeness (QED) is 0.184. The number of hydrogen-bond acceptors (Lipinski definition) is 5. The monoisotopic (exact) mass is 576 g/mol. The second kappa shape index (κ2) is 10.6. The molecule has 3 aromatic carbocycles. The molecule has 0 fully saturated rings. The van der Waals surface area contributed by atoms with Crippen LogP contribution in [0.2, 0.25) is 0 Å². The van der Waals surface area contributed by atoms with Crippen molar-refractivity contribution in [2.45, 2.75) is 39.4 Å². The number of nitrogens with zero attached hydrogens (tertiary/aromatic N) is 4. The van der Waals surface area contributed by atoms with Gasteiger partial charge in [-0.1, -0.05) is 56.3 Å². The predicted octanol–water partition coefficient (Wildman–Crippen LogP) is 6.89. The van der Waals surface area contributed by atoms with E-state index in [-0.39, 0.29) is 29.1 Å². The summed E-state index contributed by atoms with van der Waals surface area (Å²) in [6.45, 7) is 3.76. The summed E-state index contributed by atoms with van der Waals surface area (Å²) < 4.78 is 40.8. The molecule has 8 nitrogen and oxygen atoms in total. The van der Waals surface area contributed by atoms with E-state index >= 15 is 0 Å². The summed E-state index contributed by atoms with van der Waals surface area (Å²) in [6, 6.07) is 17.7. The Morgan fingerprint density at radius 3 is 2.43 bits per heavy atom. The Morgan fingerprint density at radius 1 is 1.05 bits per heavy atom. The van der Waals surface area contributed by atoms with Crippen molar-refractivity contribution in [1.82, 2.24) is 14.7 Å². The second-order valence-electron chi connectivity index (χ2n) is 11.2. The van der Waals surface area contributed by atoms with Crippen molar-refractivity contribution in [3.8, 4) is 16.9 Å². The van der Waals surface area contributed by atoms with Gasteiger partial charge in [-0.3, -0.25) is 19.7 Å². The number of alkyl halides is 3.